The summed E-state index contributed by atoms with van der Waals surface area (Å²) in [6.07, 6.45) is 1.82. The molecule has 0 fully saturated rings. The fourth-order valence-corrected chi connectivity index (χ4v) is 2.15. The molecule has 1 aromatic carbocycles. The number of phenolic OH excluding ortho intramolecular Hbond substituents is 1. The topological polar surface area (TPSA) is 54.6 Å². The molecule has 0 unspecified atom stereocenters. The zero-order valence-electron chi connectivity index (χ0n) is 10.4. The summed E-state index contributed by atoms with van der Waals surface area (Å²) in [5, 5.41) is 9.33. The Hall–Kier alpha value is -2.62. The third-order valence-electron chi connectivity index (χ3n) is 3.00. The van der Waals surface area contributed by atoms with E-state index < -0.39 is 0 Å². The van der Waals surface area contributed by atoms with Crippen LogP contribution >= 0.6 is 0 Å². The lowest BCUT2D eigenvalue weighted by Crippen LogP contribution is -2.00. The molecule has 4 nitrogen and oxygen atoms in total. The highest BCUT2D eigenvalue weighted by Gasteiger charge is 2.16. The van der Waals surface area contributed by atoms with Gasteiger partial charge in [-0.15, -0.1) is 0 Å². The van der Waals surface area contributed by atoms with Crippen molar-refractivity contribution in [3.8, 4) is 17.0 Å². The number of aromatic hydroxyl groups is 1. The summed E-state index contributed by atoms with van der Waals surface area (Å²) in [6, 6.07) is 12.3. The first-order valence-electron chi connectivity index (χ1n) is 5.94. The summed E-state index contributed by atoms with van der Waals surface area (Å²) in [7, 11) is 0. The Morgan fingerprint density at radius 3 is 2.58 bits per heavy atom. The van der Waals surface area contributed by atoms with Crippen LogP contribution in [0.1, 0.15) is 17.4 Å². The largest absolute Gasteiger partial charge is 0.508 e. The Balaban J connectivity index is 2.31. The van der Waals surface area contributed by atoms with E-state index in [4.69, 9.17) is 0 Å². The van der Waals surface area contributed by atoms with E-state index >= 15 is 0 Å². The van der Waals surface area contributed by atoms with E-state index in [1.54, 1.807) is 28.7 Å². The third kappa shape index (κ3) is 1.87. The van der Waals surface area contributed by atoms with Gasteiger partial charge in [-0.05, 0) is 36.4 Å². The molecular weight excluding hydrogens is 240 g/mol. The molecule has 3 rings (SSSR count). The molecule has 0 aliphatic rings. The molecule has 2 heterocycles. The molecule has 2 aromatic heterocycles. The van der Waals surface area contributed by atoms with Crippen LogP contribution in [-0.4, -0.2) is 20.3 Å². The van der Waals surface area contributed by atoms with Crippen molar-refractivity contribution in [1.82, 2.24) is 9.38 Å². The summed E-state index contributed by atoms with van der Waals surface area (Å²) in [6.45, 7) is 1.53. The molecule has 0 atom stereocenters. The summed E-state index contributed by atoms with van der Waals surface area (Å²) >= 11 is 0. The van der Waals surface area contributed by atoms with Crippen LogP contribution in [0.15, 0.2) is 48.7 Å². The fourth-order valence-electron chi connectivity index (χ4n) is 2.15. The van der Waals surface area contributed by atoms with Gasteiger partial charge < -0.3 is 5.11 Å². The molecule has 4 heteroatoms. The summed E-state index contributed by atoms with van der Waals surface area (Å²) in [4.78, 5) is 16.4. The molecule has 0 bridgehead atoms. The molecule has 0 saturated heterocycles. The van der Waals surface area contributed by atoms with Gasteiger partial charge in [-0.1, -0.05) is 6.07 Å². The van der Waals surface area contributed by atoms with E-state index in [0.29, 0.717) is 11.4 Å². The smallest absolute Gasteiger partial charge is 0.178 e. The number of phenols is 1. The number of fused-ring (bicyclic) bond motifs is 1. The number of imidazole rings is 1. The van der Waals surface area contributed by atoms with Gasteiger partial charge in [0.05, 0.1) is 0 Å². The molecule has 19 heavy (non-hydrogen) atoms. The molecule has 0 aliphatic heterocycles. The summed E-state index contributed by atoms with van der Waals surface area (Å²) < 4.78 is 1.78. The van der Waals surface area contributed by atoms with Crippen molar-refractivity contribution < 1.29 is 9.90 Å². The number of hydrogen-bond donors (Lipinski definition) is 1. The highest BCUT2D eigenvalue weighted by Crippen LogP contribution is 2.26. The number of ketones is 1. The summed E-state index contributed by atoms with van der Waals surface area (Å²) in [5.41, 5.74) is 2.74. The Morgan fingerprint density at radius 1 is 1.16 bits per heavy atom. The lowest BCUT2D eigenvalue weighted by atomic mass is 10.1. The van der Waals surface area contributed by atoms with Crippen LogP contribution in [0.5, 0.6) is 5.75 Å². The highest BCUT2D eigenvalue weighted by atomic mass is 16.3. The fraction of sp³-hybridized carbons (Fsp3) is 0.0667. The first-order valence-corrected chi connectivity index (χ1v) is 5.94. The van der Waals surface area contributed by atoms with Crippen LogP contribution in [0.4, 0.5) is 0 Å². The Morgan fingerprint density at radius 2 is 1.89 bits per heavy atom. The van der Waals surface area contributed by atoms with Gasteiger partial charge in [-0.25, -0.2) is 4.98 Å². The monoisotopic (exact) mass is 252 g/mol. The number of aromatic nitrogens is 2. The van der Waals surface area contributed by atoms with Crippen molar-refractivity contribution in [2.24, 2.45) is 0 Å². The Bertz CT molecular complexity index is 757. The molecular formula is C15H12N2O2. The van der Waals surface area contributed by atoms with Gasteiger partial charge in [-0.3, -0.25) is 9.20 Å². The SMILES string of the molecule is CC(=O)c1c(-c2ccc(O)cc2)nc2ccccn12. The molecule has 94 valence electrons. The zero-order valence-corrected chi connectivity index (χ0v) is 10.4. The predicted molar refractivity (Wildman–Crippen MR) is 72.3 cm³/mol. The van der Waals surface area contributed by atoms with E-state index in [1.807, 2.05) is 24.4 Å². The van der Waals surface area contributed by atoms with Crippen LogP contribution in [0, 0.1) is 0 Å². The van der Waals surface area contributed by atoms with E-state index in [1.165, 1.54) is 6.92 Å². The average Bonchev–Trinajstić information content (AvgIpc) is 2.78. The second kappa shape index (κ2) is 4.24. The van der Waals surface area contributed by atoms with Gasteiger partial charge in [0, 0.05) is 18.7 Å². The van der Waals surface area contributed by atoms with Crippen molar-refractivity contribution in [3.05, 3.63) is 54.4 Å². The first kappa shape index (κ1) is 11.5. The molecule has 0 saturated carbocycles. The third-order valence-corrected chi connectivity index (χ3v) is 3.00. The van der Waals surface area contributed by atoms with Crippen molar-refractivity contribution in [1.29, 1.82) is 0 Å². The molecule has 1 N–H and O–H groups in total. The minimum atomic E-state index is -0.0400. The van der Waals surface area contributed by atoms with E-state index in [2.05, 4.69) is 4.98 Å². The van der Waals surface area contributed by atoms with E-state index in [9.17, 15) is 9.90 Å². The number of pyridine rings is 1. The maximum atomic E-state index is 11.9. The number of benzene rings is 1. The maximum Gasteiger partial charge on any atom is 0.178 e. The number of nitrogens with zero attached hydrogens (tertiary/aromatic N) is 2. The van der Waals surface area contributed by atoms with Gasteiger partial charge in [0.2, 0.25) is 0 Å². The average molecular weight is 252 g/mol. The van der Waals surface area contributed by atoms with Gasteiger partial charge >= 0.3 is 0 Å². The lowest BCUT2D eigenvalue weighted by molar-refractivity contribution is 0.101. The van der Waals surface area contributed by atoms with Crippen LogP contribution in [0.2, 0.25) is 0 Å². The lowest BCUT2D eigenvalue weighted by Gasteiger charge is -2.01. The molecule has 0 spiro atoms. The molecule has 0 radical (unpaired) electrons. The minimum absolute atomic E-state index is 0.0400. The number of hydrogen-bond acceptors (Lipinski definition) is 3. The van der Waals surface area contributed by atoms with Gasteiger partial charge in [-0.2, -0.15) is 0 Å². The Labute approximate surface area is 110 Å². The number of Topliss-reactive ketones (excluding diaryl/α,β-unsaturated/α-hetero) is 1. The van der Waals surface area contributed by atoms with Crippen LogP contribution in [-0.2, 0) is 0 Å². The minimum Gasteiger partial charge on any atom is -0.508 e. The normalized spacial score (nSPS) is 10.8. The molecule has 0 aliphatic carbocycles. The van der Waals surface area contributed by atoms with Crippen LogP contribution in [0.3, 0.4) is 0 Å². The quantitative estimate of drug-likeness (QED) is 0.713. The van der Waals surface area contributed by atoms with Crippen molar-refractivity contribution in [2.75, 3.05) is 0 Å². The number of carbonyl (C=O) groups is 1. The van der Waals surface area contributed by atoms with Crippen LogP contribution < -0.4 is 0 Å². The maximum absolute atomic E-state index is 11.9. The zero-order chi connectivity index (χ0) is 13.4. The molecule has 0 amide bonds. The second-order valence-corrected chi connectivity index (χ2v) is 4.34. The van der Waals surface area contributed by atoms with Crippen LogP contribution in [0.25, 0.3) is 16.9 Å². The molecule has 3 aromatic rings. The Kier molecular flexibility index (Phi) is 2.56. The van der Waals surface area contributed by atoms with Gasteiger partial charge in [0.25, 0.3) is 0 Å². The first-order chi connectivity index (χ1) is 9.16. The predicted octanol–water partition coefficient (Wildman–Crippen LogP) is 2.91. The van der Waals surface area contributed by atoms with Crippen molar-refractivity contribution in [2.45, 2.75) is 6.92 Å². The van der Waals surface area contributed by atoms with Gasteiger partial charge in [0.1, 0.15) is 22.8 Å². The number of rotatable bonds is 2. The number of carbonyl (C=O) groups excluding carboxylic acids is 1. The summed E-state index contributed by atoms with van der Waals surface area (Å²) in [5.74, 6) is 0.152. The highest BCUT2D eigenvalue weighted by molar-refractivity contribution is 5.99. The van der Waals surface area contributed by atoms with Gasteiger partial charge in [0.15, 0.2) is 5.78 Å². The second-order valence-electron chi connectivity index (χ2n) is 4.34. The van der Waals surface area contributed by atoms with Crippen molar-refractivity contribution in [3.63, 3.8) is 0 Å². The standard InChI is InChI=1S/C15H12N2O2/c1-10(18)15-14(11-5-7-12(19)8-6-11)16-13-4-2-3-9-17(13)15/h2-9,19H,1H3. The van der Waals surface area contributed by atoms with Crippen molar-refractivity contribution >= 4 is 11.4 Å². The van der Waals surface area contributed by atoms with E-state index in [0.717, 1.165) is 11.2 Å². The van der Waals surface area contributed by atoms with E-state index in [-0.39, 0.29) is 11.5 Å².